The number of hydrogen-bond donors (Lipinski definition) is 1. The molecular formula is C14H18O4. The first-order chi connectivity index (χ1) is 8.58. The van der Waals surface area contributed by atoms with Crippen molar-refractivity contribution < 1.29 is 19.1 Å². The highest BCUT2D eigenvalue weighted by molar-refractivity contribution is 5.75. The monoisotopic (exact) mass is 250 g/mol. The van der Waals surface area contributed by atoms with E-state index in [9.17, 15) is 9.90 Å². The van der Waals surface area contributed by atoms with Gasteiger partial charge in [-0.15, -0.1) is 0 Å². The van der Waals surface area contributed by atoms with E-state index in [2.05, 4.69) is 0 Å². The van der Waals surface area contributed by atoms with Gasteiger partial charge >= 0.3 is 5.97 Å². The number of carbonyl (C=O) groups is 1. The Hall–Kier alpha value is -1.55. The third-order valence-corrected chi connectivity index (χ3v) is 3.46. The number of furan rings is 1. The van der Waals surface area contributed by atoms with E-state index in [1.807, 2.05) is 13.0 Å². The predicted molar refractivity (Wildman–Crippen MR) is 65.7 cm³/mol. The lowest BCUT2D eigenvalue weighted by atomic mass is 9.73. The molecule has 1 aliphatic carbocycles. The van der Waals surface area contributed by atoms with Crippen LogP contribution in [0.1, 0.15) is 32.3 Å². The molecule has 0 bridgehead atoms. The summed E-state index contributed by atoms with van der Waals surface area (Å²) in [5, 5.41) is 10.8. The topological polar surface area (TPSA) is 59.7 Å². The molecule has 0 unspecified atom stereocenters. The van der Waals surface area contributed by atoms with Gasteiger partial charge in [-0.2, -0.15) is 0 Å². The van der Waals surface area contributed by atoms with Gasteiger partial charge in [-0.1, -0.05) is 11.6 Å². The van der Waals surface area contributed by atoms with Crippen molar-refractivity contribution in [3.8, 4) is 0 Å². The van der Waals surface area contributed by atoms with E-state index in [1.54, 1.807) is 13.0 Å². The summed E-state index contributed by atoms with van der Waals surface area (Å²) in [6.45, 7) is 4.04. The fraction of sp³-hybridized carbons (Fsp3) is 0.500. The van der Waals surface area contributed by atoms with Crippen molar-refractivity contribution in [2.75, 3.05) is 6.61 Å². The summed E-state index contributed by atoms with van der Waals surface area (Å²) >= 11 is 0. The number of aliphatic hydroxyl groups is 1. The summed E-state index contributed by atoms with van der Waals surface area (Å²) in [7, 11) is 0. The zero-order valence-electron chi connectivity index (χ0n) is 10.7. The van der Waals surface area contributed by atoms with Crippen LogP contribution >= 0.6 is 0 Å². The van der Waals surface area contributed by atoms with Gasteiger partial charge in [0.05, 0.1) is 25.1 Å². The second-order valence-electron chi connectivity index (χ2n) is 4.70. The molecule has 4 nitrogen and oxygen atoms in total. The van der Waals surface area contributed by atoms with E-state index < -0.39 is 11.5 Å². The van der Waals surface area contributed by atoms with E-state index in [1.165, 1.54) is 12.5 Å². The number of esters is 1. The van der Waals surface area contributed by atoms with Crippen molar-refractivity contribution in [1.29, 1.82) is 0 Å². The van der Waals surface area contributed by atoms with Crippen LogP contribution in [0, 0.1) is 5.92 Å². The molecule has 2 rings (SSSR count). The second kappa shape index (κ2) is 4.98. The predicted octanol–water partition coefficient (Wildman–Crippen LogP) is 2.39. The van der Waals surface area contributed by atoms with Gasteiger partial charge < -0.3 is 14.3 Å². The zero-order valence-corrected chi connectivity index (χ0v) is 10.7. The smallest absolute Gasteiger partial charge is 0.312 e. The third kappa shape index (κ3) is 2.20. The molecule has 0 saturated carbocycles. The van der Waals surface area contributed by atoms with E-state index in [0.717, 1.165) is 5.57 Å². The van der Waals surface area contributed by atoms with Crippen LogP contribution in [0.5, 0.6) is 0 Å². The van der Waals surface area contributed by atoms with Crippen molar-refractivity contribution in [1.82, 2.24) is 0 Å². The quantitative estimate of drug-likeness (QED) is 0.661. The minimum absolute atomic E-state index is 0.319. The fourth-order valence-electron chi connectivity index (χ4n) is 2.40. The van der Waals surface area contributed by atoms with Gasteiger partial charge in [0, 0.05) is 5.56 Å². The number of hydrogen-bond acceptors (Lipinski definition) is 4. The van der Waals surface area contributed by atoms with E-state index in [0.29, 0.717) is 25.0 Å². The number of carbonyl (C=O) groups excluding carboxylic acids is 1. The fourth-order valence-corrected chi connectivity index (χ4v) is 2.40. The lowest BCUT2D eigenvalue weighted by Gasteiger charge is -2.36. The summed E-state index contributed by atoms with van der Waals surface area (Å²) in [4.78, 5) is 12.0. The van der Waals surface area contributed by atoms with Crippen LogP contribution in [0.2, 0.25) is 0 Å². The number of allylic oxidation sites excluding steroid dienone is 1. The molecule has 1 heterocycles. The average molecular weight is 250 g/mol. The Balaban J connectivity index is 2.34. The summed E-state index contributed by atoms with van der Waals surface area (Å²) < 4.78 is 10.1. The normalized spacial score (nSPS) is 27.7. The summed E-state index contributed by atoms with van der Waals surface area (Å²) in [5.41, 5.74) is 0.504. The molecule has 0 spiro atoms. The molecule has 0 saturated heterocycles. The van der Waals surface area contributed by atoms with Crippen LogP contribution < -0.4 is 0 Å². The Morgan fingerprint density at radius 1 is 1.67 bits per heavy atom. The van der Waals surface area contributed by atoms with Gasteiger partial charge in [0.2, 0.25) is 0 Å². The van der Waals surface area contributed by atoms with Gasteiger partial charge in [-0.3, -0.25) is 4.79 Å². The minimum Gasteiger partial charge on any atom is -0.472 e. The molecule has 98 valence electrons. The maximum absolute atomic E-state index is 12.0. The highest BCUT2D eigenvalue weighted by Gasteiger charge is 2.45. The van der Waals surface area contributed by atoms with Crippen molar-refractivity contribution >= 4 is 5.97 Å². The van der Waals surface area contributed by atoms with Crippen molar-refractivity contribution in [3.05, 3.63) is 35.8 Å². The Kier molecular flexibility index (Phi) is 3.57. The maximum atomic E-state index is 12.0. The van der Waals surface area contributed by atoms with E-state index in [-0.39, 0.29) is 5.97 Å². The largest absolute Gasteiger partial charge is 0.472 e. The van der Waals surface area contributed by atoms with Gasteiger partial charge in [0.25, 0.3) is 0 Å². The molecule has 0 fully saturated rings. The van der Waals surface area contributed by atoms with Gasteiger partial charge in [-0.05, 0) is 32.8 Å². The first kappa shape index (κ1) is 12.9. The third-order valence-electron chi connectivity index (χ3n) is 3.46. The van der Waals surface area contributed by atoms with E-state index in [4.69, 9.17) is 9.15 Å². The van der Waals surface area contributed by atoms with Crippen molar-refractivity contribution in [2.24, 2.45) is 5.92 Å². The van der Waals surface area contributed by atoms with Crippen LogP contribution in [-0.2, 0) is 15.1 Å². The highest BCUT2D eigenvalue weighted by atomic mass is 16.5. The average Bonchev–Trinajstić information content (AvgIpc) is 2.87. The molecule has 0 amide bonds. The molecule has 0 aliphatic heterocycles. The SMILES string of the molecule is CCOC(=O)[C@@H]1CC(C)=CC[C@@]1(O)c1ccoc1. The van der Waals surface area contributed by atoms with Crippen LogP contribution in [0.25, 0.3) is 0 Å². The lowest BCUT2D eigenvalue weighted by Crippen LogP contribution is -2.42. The Morgan fingerprint density at radius 3 is 3.06 bits per heavy atom. The molecule has 2 atom stereocenters. The molecule has 1 aromatic rings. The molecule has 1 N–H and O–H groups in total. The Labute approximate surface area is 106 Å². The molecule has 1 aliphatic rings. The lowest BCUT2D eigenvalue weighted by molar-refractivity contribution is -0.160. The van der Waals surface area contributed by atoms with E-state index >= 15 is 0 Å². The van der Waals surface area contributed by atoms with Crippen LogP contribution in [0.15, 0.2) is 34.7 Å². The van der Waals surface area contributed by atoms with Crippen LogP contribution in [-0.4, -0.2) is 17.7 Å². The van der Waals surface area contributed by atoms with Gasteiger partial charge in [0.15, 0.2) is 0 Å². The summed E-state index contributed by atoms with van der Waals surface area (Å²) in [6.07, 6.45) is 5.87. The number of ether oxygens (including phenoxy) is 1. The molecule has 0 radical (unpaired) electrons. The van der Waals surface area contributed by atoms with Crippen molar-refractivity contribution in [2.45, 2.75) is 32.3 Å². The molecule has 18 heavy (non-hydrogen) atoms. The maximum Gasteiger partial charge on any atom is 0.312 e. The second-order valence-corrected chi connectivity index (χ2v) is 4.70. The first-order valence-electron chi connectivity index (χ1n) is 6.15. The van der Waals surface area contributed by atoms with Gasteiger partial charge in [-0.25, -0.2) is 0 Å². The molecule has 0 aromatic carbocycles. The summed E-state index contributed by atoms with van der Waals surface area (Å²) in [6, 6.07) is 1.70. The zero-order chi connectivity index (χ0) is 13.2. The van der Waals surface area contributed by atoms with Gasteiger partial charge in [0.1, 0.15) is 5.60 Å². The molecule has 1 aromatic heterocycles. The first-order valence-corrected chi connectivity index (χ1v) is 6.15. The van der Waals surface area contributed by atoms with Crippen molar-refractivity contribution in [3.63, 3.8) is 0 Å². The highest BCUT2D eigenvalue weighted by Crippen LogP contribution is 2.41. The molecular weight excluding hydrogens is 232 g/mol. The summed E-state index contributed by atoms with van der Waals surface area (Å²) in [5.74, 6) is -0.923. The number of rotatable bonds is 3. The van der Waals surface area contributed by atoms with Crippen LogP contribution in [0.4, 0.5) is 0 Å². The molecule has 4 heteroatoms. The Morgan fingerprint density at radius 2 is 2.44 bits per heavy atom. The minimum atomic E-state index is -1.22. The standard InChI is InChI=1S/C14H18O4/c1-3-18-13(15)12-8-10(2)4-6-14(12,16)11-5-7-17-9-11/h4-5,7,9,12,16H,3,6,8H2,1-2H3/t12-,14+/m0/s1. The van der Waals surface area contributed by atoms with Crippen LogP contribution in [0.3, 0.4) is 0 Å². The Bertz CT molecular complexity index is 446.